The van der Waals surface area contributed by atoms with Crippen LogP contribution < -0.4 is 0 Å². The second-order valence-electron chi connectivity index (χ2n) is 5.19. The van der Waals surface area contributed by atoms with Gasteiger partial charge in [0.15, 0.2) is 8.32 Å². The lowest BCUT2D eigenvalue weighted by Gasteiger charge is -2.29. The van der Waals surface area contributed by atoms with Crippen LogP contribution in [0.5, 0.6) is 0 Å². The summed E-state index contributed by atoms with van der Waals surface area (Å²) < 4.78 is 14.4. The summed E-state index contributed by atoms with van der Waals surface area (Å²) in [5.74, 6) is -1.16. The zero-order chi connectivity index (χ0) is 17.1. The number of rotatable bonds is 6. The highest BCUT2D eigenvalue weighted by atomic mass is 28.4. The summed E-state index contributed by atoms with van der Waals surface area (Å²) in [6.07, 6.45) is 1.98. The van der Waals surface area contributed by atoms with Crippen molar-refractivity contribution in [3.8, 4) is 0 Å². The molecule has 0 aromatic rings. The molecule has 0 saturated carbocycles. The van der Waals surface area contributed by atoms with Gasteiger partial charge in [-0.3, -0.25) is 0 Å². The molecule has 0 aromatic carbocycles. The Morgan fingerprint density at radius 2 is 1.19 bits per heavy atom. The molecule has 0 unspecified atom stereocenters. The zero-order valence-corrected chi connectivity index (χ0v) is 15.8. The van der Waals surface area contributed by atoms with Crippen LogP contribution in [0.3, 0.4) is 0 Å². The van der Waals surface area contributed by atoms with Crippen molar-refractivity contribution in [2.75, 3.05) is 14.2 Å². The van der Waals surface area contributed by atoms with E-state index in [0.29, 0.717) is 0 Å². The number of carbonyl (C=O) groups excluding carboxylic acids is 2. The fraction of sp³-hybridized carbons (Fsp3) is 0.429. The van der Waals surface area contributed by atoms with Crippen LogP contribution in [0.2, 0.25) is 26.2 Å². The maximum Gasteiger partial charge on any atom is 0.330 e. The average Bonchev–Trinajstić information content (AvgIpc) is 2.42. The van der Waals surface area contributed by atoms with Crippen LogP contribution in [0.25, 0.3) is 0 Å². The molecule has 7 heteroatoms. The standard InChI is InChI=1S/C8H18OSi2.C6H8O4/c1-7-11(6,8-2)9-10(3,4)5;1-9-5(7)3-4-6(8)10-2/h7-8H,1-2H2,3-6H3;3-4H,1-2H3. The van der Waals surface area contributed by atoms with Crippen molar-refractivity contribution in [3.05, 3.63) is 36.7 Å². The molecule has 0 spiro atoms. The quantitative estimate of drug-likeness (QED) is 0.426. The molecule has 0 N–H and O–H groups in total. The summed E-state index contributed by atoms with van der Waals surface area (Å²) in [4.78, 5) is 20.6. The highest BCUT2D eigenvalue weighted by Crippen LogP contribution is 2.15. The van der Waals surface area contributed by atoms with Gasteiger partial charge in [0.25, 0.3) is 0 Å². The molecule has 0 rings (SSSR count). The summed E-state index contributed by atoms with van der Waals surface area (Å²) >= 11 is 0. The topological polar surface area (TPSA) is 61.8 Å². The Bertz CT molecular complexity index is 371. The molecule has 0 atom stereocenters. The van der Waals surface area contributed by atoms with Crippen LogP contribution in [0.1, 0.15) is 0 Å². The SMILES string of the molecule is C=C[Si](C)(C=C)O[Si](C)(C)C.COC(=O)C=CC(=O)OC. The number of ether oxygens (including phenoxy) is 2. The van der Waals surface area contributed by atoms with E-state index in [9.17, 15) is 9.59 Å². The van der Waals surface area contributed by atoms with E-state index >= 15 is 0 Å². The fourth-order valence-corrected chi connectivity index (χ4v) is 7.21. The first-order chi connectivity index (χ1) is 9.53. The third-order valence-corrected chi connectivity index (χ3v) is 7.92. The molecule has 0 bridgehead atoms. The van der Waals surface area contributed by atoms with Crippen molar-refractivity contribution in [3.63, 3.8) is 0 Å². The van der Waals surface area contributed by atoms with E-state index in [0.717, 1.165) is 12.2 Å². The first-order valence-corrected chi connectivity index (χ1v) is 12.3. The molecule has 0 aromatic heterocycles. The summed E-state index contributed by atoms with van der Waals surface area (Å²) in [5, 5.41) is 0. The van der Waals surface area contributed by atoms with Crippen LogP contribution in [0.15, 0.2) is 36.7 Å². The molecule has 21 heavy (non-hydrogen) atoms. The van der Waals surface area contributed by atoms with E-state index in [1.54, 1.807) is 0 Å². The maximum absolute atomic E-state index is 10.3. The molecule has 0 heterocycles. The van der Waals surface area contributed by atoms with Crippen molar-refractivity contribution >= 4 is 28.6 Å². The Labute approximate surface area is 129 Å². The van der Waals surface area contributed by atoms with Gasteiger partial charge in [0, 0.05) is 12.2 Å². The summed E-state index contributed by atoms with van der Waals surface area (Å²) in [7, 11) is -0.706. The van der Waals surface area contributed by atoms with E-state index in [4.69, 9.17) is 4.12 Å². The third-order valence-electron chi connectivity index (χ3n) is 2.09. The predicted molar refractivity (Wildman–Crippen MR) is 89.6 cm³/mol. The molecule has 0 fully saturated rings. The largest absolute Gasteiger partial charge is 0.466 e. The van der Waals surface area contributed by atoms with Crippen LogP contribution >= 0.6 is 0 Å². The second-order valence-corrected chi connectivity index (χ2v) is 13.4. The fourth-order valence-electron chi connectivity index (χ4n) is 1.10. The van der Waals surface area contributed by atoms with Gasteiger partial charge in [-0.2, -0.15) is 0 Å². The van der Waals surface area contributed by atoms with Crippen molar-refractivity contribution in [1.82, 2.24) is 0 Å². The normalized spacial score (nSPS) is 11.1. The highest BCUT2D eigenvalue weighted by molar-refractivity contribution is 6.90. The van der Waals surface area contributed by atoms with E-state index in [-0.39, 0.29) is 0 Å². The summed E-state index contributed by atoms with van der Waals surface area (Å²) in [5.41, 5.74) is 3.86. The van der Waals surface area contributed by atoms with Crippen LogP contribution in [0, 0.1) is 0 Å². The average molecular weight is 331 g/mol. The molecule has 0 aliphatic heterocycles. The first-order valence-electron chi connectivity index (χ1n) is 6.35. The molecule has 0 aliphatic rings. The number of esters is 2. The molecular weight excluding hydrogens is 304 g/mol. The van der Waals surface area contributed by atoms with Gasteiger partial charge in [-0.1, -0.05) is 11.4 Å². The molecule has 120 valence electrons. The van der Waals surface area contributed by atoms with Gasteiger partial charge < -0.3 is 13.6 Å². The minimum Gasteiger partial charge on any atom is -0.466 e. The minimum absolute atomic E-state index is 0.578. The molecule has 0 amide bonds. The summed E-state index contributed by atoms with van der Waals surface area (Å²) in [6, 6.07) is 0. The number of hydrogen-bond donors (Lipinski definition) is 0. The molecule has 0 aliphatic carbocycles. The monoisotopic (exact) mass is 330 g/mol. The van der Waals surface area contributed by atoms with Gasteiger partial charge in [-0.05, 0) is 26.2 Å². The Balaban J connectivity index is 0. The van der Waals surface area contributed by atoms with Crippen LogP contribution in [0.4, 0.5) is 0 Å². The highest BCUT2D eigenvalue weighted by Gasteiger charge is 2.28. The van der Waals surface area contributed by atoms with Crippen molar-refractivity contribution in [2.24, 2.45) is 0 Å². The Morgan fingerprint density at radius 1 is 0.857 bits per heavy atom. The molecular formula is C14H26O5Si2. The second kappa shape index (κ2) is 10.3. The Hall–Kier alpha value is -1.45. The van der Waals surface area contributed by atoms with Gasteiger partial charge in [0.05, 0.1) is 14.2 Å². The van der Waals surface area contributed by atoms with Crippen molar-refractivity contribution in [1.29, 1.82) is 0 Å². The van der Waals surface area contributed by atoms with E-state index in [2.05, 4.69) is 48.8 Å². The first kappa shape index (κ1) is 21.8. The smallest absolute Gasteiger partial charge is 0.330 e. The predicted octanol–water partition coefficient (Wildman–Crippen LogP) is 2.75. The molecule has 0 saturated heterocycles. The van der Waals surface area contributed by atoms with Gasteiger partial charge in [0.1, 0.15) is 0 Å². The maximum atomic E-state index is 10.3. The lowest BCUT2D eigenvalue weighted by Crippen LogP contribution is -2.41. The minimum atomic E-state index is -1.74. The van der Waals surface area contributed by atoms with E-state index < -0.39 is 28.6 Å². The van der Waals surface area contributed by atoms with E-state index in [1.165, 1.54) is 14.2 Å². The number of hydrogen-bond acceptors (Lipinski definition) is 5. The van der Waals surface area contributed by atoms with Crippen LogP contribution in [-0.2, 0) is 23.2 Å². The Kier molecular flexibility index (Phi) is 10.7. The lowest BCUT2D eigenvalue weighted by molar-refractivity contribution is -0.137. The van der Waals surface area contributed by atoms with Crippen molar-refractivity contribution < 1.29 is 23.2 Å². The zero-order valence-electron chi connectivity index (χ0n) is 13.8. The molecule has 5 nitrogen and oxygen atoms in total. The van der Waals surface area contributed by atoms with Crippen molar-refractivity contribution in [2.45, 2.75) is 26.2 Å². The van der Waals surface area contributed by atoms with Gasteiger partial charge in [-0.25, -0.2) is 9.59 Å². The number of carbonyl (C=O) groups is 2. The van der Waals surface area contributed by atoms with Crippen LogP contribution in [-0.4, -0.2) is 42.8 Å². The Morgan fingerprint density at radius 3 is 1.33 bits per heavy atom. The lowest BCUT2D eigenvalue weighted by atomic mass is 10.5. The van der Waals surface area contributed by atoms with Gasteiger partial charge >= 0.3 is 11.9 Å². The van der Waals surface area contributed by atoms with E-state index in [1.807, 2.05) is 11.4 Å². The van der Waals surface area contributed by atoms with Gasteiger partial charge in [-0.15, -0.1) is 13.2 Å². The molecule has 0 radical (unpaired) electrons. The summed E-state index contributed by atoms with van der Waals surface area (Å²) in [6.45, 7) is 16.2. The van der Waals surface area contributed by atoms with Gasteiger partial charge in [0.2, 0.25) is 8.32 Å². The number of methoxy groups -OCH3 is 2. The third kappa shape index (κ3) is 13.3.